The number of carbonyl (C=O) groups excluding carboxylic acids is 3. The zero-order valence-electron chi connectivity index (χ0n) is 35.1. The van der Waals surface area contributed by atoms with Gasteiger partial charge in [-0.2, -0.15) is 13.2 Å². The summed E-state index contributed by atoms with van der Waals surface area (Å²) in [5.74, 6) is -2.07. The number of likely N-dealkylation sites (tertiary alicyclic amines) is 1. The van der Waals surface area contributed by atoms with Gasteiger partial charge in [0.2, 0.25) is 0 Å². The Labute approximate surface area is 331 Å². The Kier molecular flexibility index (Phi) is 15.6. The molecule has 1 aromatic carbocycles. The fraction of sp³-hybridized carbons (Fsp3) is 0.786. The molecule has 0 aliphatic carbocycles. The zero-order valence-corrected chi connectivity index (χ0v) is 35.1. The summed E-state index contributed by atoms with van der Waals surface area (Å²) in [6.07, 6.45) is -3.74. The Bertz CT molecular complexity index is 1480. The minimum atomic E-state index is -4.54. The number of Topliss-reactive ketones (excluding diaryl/α,β-unsaturated/α-hetero) is 1. The van der Waals surface area contributed by atoms with Gasteiger partial charge in [-0.05, 0) is 117 Å². The van der Waals surface area contributed by atoms with Gasteiger partial charge in [0.1, 0.15) is 18.1 Å². The third-order valence-corrected chi connectivity index (χ3v) is 12.3. The Morgan fingerprint density at radius 3 is 2.34 bits per heavy atom. The van der Waals surface area contributed by atoms with E-state index in [1.54, 1.807) is 32.8 Å². The minimum absolute atomic E-state index is 0.0143. The van der Waals surface area contributed by atoms with Crippen LogP contribution in [-0.4, -0.2) is 134 Å². The van der Waals surface area contributed by atoms with E-state index >= 15 is 0 Å². The van der Waals surface area contributed by atoms with Gasteiger partial charge in [-0.15, -0.1) is 0 Å². The smallest absolute Gasteiger partial charge is 0.416 e. The summed E-state index contributed by atoms with van der Waals surface area (Å²) in [6, 6.07) is 4.13. The summed E-state index contributed by atoms with van der Waals surface area (Å²) in [7, 11) is 5.39. The molecular weight excluding hydrogens is 731 g/mol. The van der Waals surface area contributed by atoms with Crippen LogP contribution in [-0.2, 0) is 34.7 Å². The summed E-state index contributed by atoms with van der Waals surface area (Å²) in [4.78, 5) is 47.5. The number of ketones is 1. The van der Waals surface area contributed by atoms with Crippen LogP contribution in [0.15, 0.2) is 24.3 Å². The van der Waals surface area contributed by atoms with Crippen molar-refractivity contribution >= 4 is 17.7 Å². The summed E-state index contributed by atoms with van der Waals surface area (Å²) in [5, 5.41) is 11.4. The summed E-state index contributed by atoms with van der Waals surface area (Å²) >= 11 is 0. The molecule has 3 aliphatic rings. The van der Waals surface area contributed by atoms with Crippen molar-refractivity contribution in [3.63, 3.8) is 0 Å². The molecule has 3 saturated heterocycles. The number of carbonyl (C=O) groups is 3. The number of nitrogens with zero attached hydrogens (tertiary/aromatic N) is 3. The summed E-state index contributed by atoms with van der Waals surface area (Å²) in [6.45, 7) is 15.2. The van der Waals surface area contributed by atoms with Gasteiger partial charge in [-0.3, -0.25) is 19.3 Å². The molecule has 0 aromatic heterocycles. The number of amides is 1. The van der Waals surface area contributed by atoms with E-state index in [4.69, 9.17) is 18.9 Å². The van der Waals surface area contributed by atoms with Gasteiger partial charge >= 0.3 is 12.1 Å². The molecule has 0 saturated carbocycles. The highest BCUT2D eigenvalue weighted by molar-refractivity contribution is 6.04. The van der Waals surface area contributed by atoms with Gasteiger partial charge in [0.25, 0.3) is 5.91 Å². The SMILES string of the molecule is CCCN1C[C@H](C)C[C@@](C)(OC)[C@H](O[C@@H]2O[C@H](C)C[C@H](N(C)C)[C@H]2O)[C@@H](C)C(=O)C(C)(C)C(=O)OC[C@H]1CC1CCN(C(=O)c2cccc(C(F)(F)F)c2)CC1. The van der Waals surface area contributed by atoms with Crippen LogP contribution in [0.3, 0.4) is 0 Å². The first-order valence-corrected chi connectivity index (χ1v) is 20.3. The lowest BCUT2D eigenvalue weighted by atomic mass is 9.74. The molecule has 1 aromatic rings. The highest BCUT2D eigenvalue weighted by Crippen LogP contribution is 2.39. The number of aliphatic hydroxyl groups excluding tert-OH is 1. The van der Waals surface area contributed by atoms with E-state index < -0.39 is 59.0 Å². The van der Waals surface area contributed by atoms with Gasteiger partial charge in [0, 0.05) is 50.3 Å². The van der Waals surface area contributed by atoms with Crippen LogP contribution >= 0.6 is 0 Å². The molecule has 9 atom stereocenters. The average molecular weight is 798 g/mol. The predicted molar refractivity (Wildman–Crippen MR) is 206 cm³/mol. The quantitative estimate of drug-likeness (QED) is 0.234. The number of piperidine rings is 1. The van der Waals surface area contributed by atoms with E-state index in [0.29, 0.717) is 51.7 Å². The van der Waals surface area contributed by atoms with Gasteiger partial charge in [-0.25, -0.2) is 0 Å². The second kappa shape index (κ2) is 19.0. The molecule has 56 heavy (non-hydrogen) atoms. The first-order chi connectivity index (χ1) is 26.1. The van der Waals surface area contributed by atoms with Crippen molar-refractivity contribution in [2.24, 2.45) is 23.2 Å². The van der Waals surface area contributed by atoms with Gasteiger partial charge in [0.05, 0.1) is 23.4 Å². The molecule has 0 spiro atoms. The maximum Gasteiger partial charge on any atom is 0.416 e. The Balaban J connectivity index is 1.57. The molecule has 14 heteroatoms. The standard InChI is InChI=1S/C42H66F3N3O8/c1-11-17-48-24-26(2)23-41(7,53-10)36(56-38-34(49)33(46(8)9)20-27(3)55-38)28(4)35(50)40(5,6)39(52)54-25-32(48)21-29-15-18-47(19-16-29)37(51)30-13-12-14-31(22-30)42(43,44)45/h12-14,22,26-29,32-34,36,38,49H,11,15-21,23-25H2,1-10H3/t26-,27-,28+,32-,33+,34-,36-,38+,41-/m1/s1. The lowest BCUT2D eigenvalue weighted by Gasteiger charge is -2.47. The van der Waals surface area contributed by atoms with Crippen molar-refractivity contribution in [1.82, 2.24) is 14.7 Å². The first-order valence-electron chi connectivity index (χ1n) is 20.3. The predicted octanol–water partition coefficient (Wildman–Crippen LogP) is 6.06. The lowest BCUT2D eigenvalue weighted by Crippen LogP contribution is -2.59. The summed E-state index contributed by atoms with van der Waals surface area (Å²) in [5.41, 5.74) is -3.39. The first kappa shape index (κ1) is 46.1. The maximum atomic E-state index is 14.4. The number of rotatable bonds is 9. The maximum absolute atomic E-state index is 14.4. The van der Waals surface area contributed by atoms with Crippen LogP contribution in [0.2, 0.25) is 0 Å². The second-order valence-electron chi connectivity index (χ2n) is 17.5. The van der Waals surface area contributed by atoms with Crippen molar-refractivity contribution in [1.29, 1.82) is 0 Å². The lowest BCUT2D eigenvalue weighted by molar-refractivity contribution is -0.295. The molecule has 0 radical (unpaired) electrons. The molecule has 3 aliphatic heterocycles. The Morgan fingerprint density at radius 2 is 1.75 bits per heavy atom. The number of likely N-dealkylation sites (N-methyl/N-ethyl adjacent to an activating group) is 1. The molecular formula is C42H66F3N3O8. The van der Waals surface area contributed by atoms with Crippen LogP contribution in [0.25, 0.3) is 0 Å². The van der Waals surface area contributed by atoms with Gasteiger partial charge in [0.15, 0.2) is 12.1 Å². The number of ether oxygens (including phenoxy) is 4. The molecule has 1 N–H and O–H groups in total. The number of hydrogen-bond acceptors (Lipinski definition) is 10. The third kappa shape index (κ3) is 10.9. The molecule has 0 unspecified atom stereocenters. The normalized spacial score (nSPS) is 33.4. The van der Waals surface area contributed by atoms with E-state index in [1.807, 2.05) is 32.8 Å². The number of halogens is 3. The molecule has 0 bridgehead atoms. The van der Waals surface area contributed by atoms with Gasteiger partial charge in [-0.1, -0.05) is 26.8 Å². The Hall–Kier alpha value is -2.62. The third-order valence-electron chi connectivity index (χ3n) is 12.3. The largest absolute Gasteiger partial charge is 0.463 e. The van der Waals surface area contributed by atoms with Crippen molar-refractivity contribution in [3.8, 4) is 0 Å². The van der Waals surface area contributed by atoms with Crippen molar-refractivity contribution in [2.75, 3.05) is 54.0 Å². The van der Waals surface area contributed by atoms with Crippen molar-refractivity contribution in [3.05, 3.63) is 35.4 Å². The molecule has 3 fully saturated rings. The number of hydrogen-bond donors (Lipinski definition) is 1. The average Bonchev–Trinajstić information content (AvgIpc) is 3.14. The molecule has 4 rings (SSSR count). The number of esters is 1. The second-order valence-corrected chi connectivity index (χ2v) is 17.5. The van der Waals surface area contributed by atoms with Crippen LogP contribution in [0, 0.1) is 23.2 Å². The molecule has 11 nitrogen and oxygen atoms in total. The molecule has 3 heterocycles. The monoisotopic (exact) mass is 797 g/mol. The van der Waals surface area contributed by atoms with Gasteiger partial charge < -0.3 is 33.9 Å². The van der Waals surface area contributed by atoms with Crippen molar-refractivity contribution < 1.29 is 51.6 Å². The topological polar surface area (TPSA) is 118 Å². The fourth-order valence-electron chi connectivity index (χ4n) is 9.02. The molecule has 1 amide bonds. The number of aliphatic hydroxyl groups is 1. The highest BCUT2D eigenvalue weighted by atomic mass is 19.4. The zero-order chi connectivity index (χ0) is 41.7. The van der Waals surface area contributed by atoms with E-state index in [-0.39, 0.29) is 48.0 Å². The van der Waals surface area contributed by atoms with E-state index in [2.05, 4.69) is 18.7 Å². The van der Waals surface area contributed by atoms with E-state index in [9.17, 15) is 32.7 Å². The fourth-order valence-corrected chi connectivity index (χ4v) is 9.02. The number of methoxy groups -OCH3 is 1. The Morgan fingerprint density at radius 1 is 1.09 bits per heavy atom. The van der Waals surface area contributed by atoms with Crippen LogP contribution in [0.5, 0.6) is 0 Å². The minimum Gasteiger partial charge on any atom is -0.463 e. The highest BCUT2D eigenvalue weighted by Gasteiger charge is 2.51. The van der Waals surface area contributed by atoms with Crippen molar-refractivity contribution in [2.45, 2.75) is 135 Å². The molecule has 318 valence electrons. The summed E-state index contributed by atoms with van der Waals surface area (Å²) < 4.78 is 65.2. The van der Waals surface area contributed by atoms with E-state index in [1.165, 1.54) is 12.1 Å². The van der Waals surface area contributed by atoms with Crippen LogP contribution in [0.4, 0.5) is 13.2 Å². The van der Waals surface area contributed by atoms with E-state index in [0.717, 1.165) is 25.1 Å². The number of alkyl halides is 3. The van der Waals surface area contributed by atoms with Crippen LogP contribution in [0.1, 0.15) is 103 Å². The number of cyclic esters (lactones) is 1. The van der Waals surface area contributed by atoms with Crippen LogP contribution < -0.4 is 0 Å². The number of benzene rings is 1.